The number of nitrogens with zero attached hydrogens (tertiary/aromatic N) is 1. The van der Waals surface area contributed by atoms with Gasteiger partial charge in [-0.2, -0.15) is 0 Å². The summed E-state index contributed by atoms with van der Waals surface area (Å²) < 4.78 is 0. The van der Waals surface area contributed by atoms with Gasteiger partial charge in [-0.3, -0.25) is 4.98 Å². The van der Waals surface area contributed by atoms with Gasteiger partial charge in [0.15, 0.2) is 0 Å². The van der Waals surface area contributed by atoms with E-state index in [1.807, 2.05) is 24.0 Å². The van der Waals surface area contributed by atoms with Crippen LogP contribution in [0.4, 0.5) is 0 Å². The molecule has 0 saturated carbocycles. The van der Waals surface area contributed by atoms with Crippen molar-refractivity contribution in [3.05, 3.63) is 24.0 Å². The zero-order valence-corrected chi connectivity index (χ0v) is 8.10. The maximum atomic E-state index is 5.58. The quantitative estimate of drug-likeness (QED) is 0.724. The molecule has 2 N–H and O–H groups in total. The van der Waals surface area contributed by atoms with Gasteiger partial charge in [-0.25, -0.2) is 0 Å². The van der Waals surface area contributed by atoms with E-state index in [-0.39, 0.29) is 0 Å². The van der Waals surface area contributed by atoms with Gasteiger partial charge < -0.3 is 5.73 Å². The molecule has 66 valence electrons. The van der Waals surface area contributed by atoms with Gasteiger partial charge in [0.25, 0.3) is 0 Å². The molecule has 0 fully saturated rings. The highest BCUT2D eigenvalue weighted by molar-refractivity contribution is 7.99. The molecule has 0 unspecified atom stereocenters. The average molecular weight is 182 g/mol. The van der Waals surface area contributed by atoms with Crippen LogP contribution in [-0.2, 0) is 6.54 Å². The zero-order valence-electron chi connectivity index (χ0n) is 7.29. The van der Waals surface area contributed by atoms with Crippen LogP contribution in [0.1, 0.15) is 18.9 Å². The molecular weight excluding hydrogens is 168 g/mol. The SMILES string of the molecule is CCCSc1cnccc1CN. The van der Waals surface area contributed by atoms with Gasteiger partial charge in [-0.05, 0) is 23.8 Å². The summed E-state index contributed by atoms with van der Waals surface area (Å²) in [5, 5.41) is 0. The molecule has 2 nitrogen and oxygen atoms in total. The monoisotopic (exact) mass is 182 g/mol. The first kappa shape index (κ1) is 9.55. The van der Waals surface area contributed by atoms with Crippen molar-refractivity contribution >= 4 is 11.8 Å². The van der Waals surface area contributed by atoms with E-state index in [4.69, 9.17) is 5.73 Å². The van der Waals surface area contributed by atoms with Crippen LogP contribution < -0.4 is 5.73 Å². The molecule has 12 heavy (non-hydrogen) atoms. The van der Waals surface area contributed by atoms with Crippen molar-refractivity contribution in [1.29, 1.82) is 0 Å². The number of thioether (sulfide) groups is 1. The Morgan fingerprint density at radius 2 is 2.42 bits per heavy atom. The van der Waals surface area contributed by atoms with E-state index in [1.165, 1.54) is 16.9 Å². The number of pyridine rings is 1. The maximum Gasteiger partial charge on any atom is 0.0407 e. The van der Waals surface area contributed by atoms with E-state index in [0.29, 0.717) is 6.54 Å². The highest BCUT2D eigenvalue weighted by atomic mass is 32.2. The van der Waals surface area contributed by atoms with Crippen molar-refractivity contribution < 1.29 is 0 Å². The van der Waals surface area contributed by atoms with E-state index in [9.17, 15) is 0 Å². The van der Waals surface area contributed by atoms with Crippen molar-refractivity contribution in [2.24, 2.45) is 5.73 Å². The molecule has 0 atom stereocenters. The van der Waals surface area contributed by atoms with Crippen LogP contribution in [0.3, 0.4) is 0 Å². The second-order valence-electron chi connectivity index (χ2n) is 2.54. The summed E-state index contributed by atoms with van der Waals surface area (Å²) in [6.07, 6.45) is 4.87. The summed E-state index contributed by atoms with van der Waals surface area (Å²) >= 11 is 1.83. The standard InChI is InChI=1S/C9H14N2S/c1-2-5-12-9-7-11-4-3-8(9)6-10/h3-4,7H,2,5-6,10H2,1H3. The highest BCUT2D eigenvalue weighted by Crippen LogP contribution is 2.21. The van der Waals surface area contributed by atoms with Crippen LogP contribution >= 0.6 is 11.8 Å². The Morgan fingerprint density at radius 3 is 3.08 bits per heavy atom. The van der Waals surface area contributed by atoms with Crippen LogP contribution in [0.2, 0.25) is 0 Å². The molecular formula is C9H14N2S. The first-order chi connectivity index (χ1) is 5.88. The number of hydrogen-bond donors (Lipinski definition) is 1. The molecule has 0 spiro atoms. The topological polar surface area (TPSA) is 38.9 Å². The van der Waals surface area contributed by atoms with Crippen molar-refractivity contribution in [3.8, 4) is 0 Å². The lowest BCUT2D eigenvalue weighted by atomic mass is 10.3. The smallest absolute Gasteiger partial charge is 0.0407 e. The summed E-state index contributed by atoms with van der Waals surface area (Å²) in [7, 11) is 0. The van der Waals surface area contributed by atoms with Gasteiger partial charge in [-0.1, -0.05) is 6.92 Å². The fourth-order valence-electron chi connectivity index (χ4n) is 0.919. The average Bonchev–Trinajstić information content (AvgIpc) is 2.15. The predicted octanol–water partition coefficient (Wildman–Crippen LogP) is 2.04. The molecule has 0 aliphatic rings. The van der Waals surface area contributed by atoms with Gasteiger partial charge in [0.05, 0.1) is 0 Å². The molecule has 1 aromatic heterocycles. The largest absolute Gasteiger partial charge is 0.326 e. The molecule has 1 heterocycles. The number of nitrogens with two attached hydrogens (primary N) is 1. The fourth-order valence-corrected chi connectivity index (χ4v) is 1.82. The van der Waals surface area contributed by atoms with Crippen LogP contribution in [0.5, 0.6) is 0 Å². The Morgan fingerprint density at radius 1 is 1.58 bits per heavy atom. The molecule has 1 rings (SSSR count). The van der Waals surface area contributed by atoms with E-state index < -0.39 is 0 Å². The van der Waals surface area contributed by atoms with E-state index in [2.05, 4.69) is 11.9 Å². The molecule has 0 amide bonds. The van der Waals surface area contributed by atoms with Gasteiger partial charge >= 0.3 is 0 Å². The summed E-state index contributed by atoms with van der Waals surface area (Å²) in [5.74, 6) is 1.14. The predicted molar refractivity (Wildman–Crippen MR) is 53.1 cm³/mol. The normalized spacial score (nSPS) is 10.2. The maximum absolute atomic E-state index is 5.58. The molecule has 0 aromatic carbocycles. The second kappa shape index (κ2) is 5.17. The Hall–Kier alpha value is -0.540. The summed E-state index contributed by atoms with van der Waals surface area (Å²) in [4.78, 5) is 5.29. The third-order valence-corrected chi connectivity index (χ3v) is 2.84. The lowest BCUT2D eigenvalue weighted by Gasteiger charge is -2.04. The Labute approximate surface area is 77.6 Å². The van der Waals surface area contributed by atoms with Gasteiger partial charge in [0.1, 0.15) is 0 Å². The molecule has 3 heteroatoms. The number of rotatable bonds is 4. The minimum absolute atomic E-state index is 0.606. The minimum Gasteiger partial charge on any atom is -0.326 e. The lowest BCUT2D eigenvalue weighted by Crippen LogP contribution is -1.98. The Bertz CT molecular complexity index is 238. The first-order valence-corrected chi connectivity index (χ1v) is 5.12. The van der Waals surface area contributed by atoms with E-state index >= 15 is 0 Å². The summed E-state index contributed by atoms with van der Waals surface area (Å²) in [6, 6.07) is 1.98. The van der Waals surface area contributed by atoms with Crippen molar-refractivity contribution in [2.45, 2.75) is 24.8 Å². The van der Waals surface area contributed by atoms with Gasteiger partial charge in [-0.15, -0.1) is 11.8 Å². The molecule has 0 saturated heterocycles. The van der Waals surface area contributed by atoms with Crippen LogP contribution in [0.15, 0.2) is 23.4 Å². The van der Waals surface area contributed by atoms with Crippen molar-refractivity contribution in [2.75, 3.05) is 5.75 Å². The molecule has 0 aliphatic heterocycles. The van der Waals surface area contributed by atoms with E-state index in [0.717, 1.165) is 5.75 Å². The molecule has 0 bridgehead atoms. The molecule has 0 aliphatic carbocycles. The first-order valence-electron chi connectivity index (χ1n) is 4.14. The van der Waals surface area contributed by atoms with E-state index in [1.54, 1.807) is 6.20 Å². The Kier molecular flexibility index (Phi) is 4.11. The summed E-state index contributed by atoms with van der Waals surface area (Å²) in [6.45, 7) is 2.78. The Balaban J connectivity index is 2.68. The third-order valence-electron chi connectivity index (χ3n) is 1.55. The zero-order chi connectivity index (χ0) is 8.81. The van der Waals surface area contributed by atoms with Crippen LogP contribution in [0, 0.1) is 0 Å². The van der Waals surface area contributed by atoms with Gasteiger partial charge in [0.2, 0.25) is 0 Å². The minimum atomic E-state index is 0.606. The third kappa shape index (κ3) is 2.50. The highest BCUT2D eigenvalue weighted by Gasteiger charge is 1.99. The van der Waals surface area contributed by atoms with Crippen LogP contribution in [-0.4, -0.2) is 10.7 Å². The van der Waals surface area contributed by atoms with Gasteiger partial charge in [0, 0.05) is 23.8 Å². The molecule has 1 aromatic rings. The summed E-state index contributed by atoms with van der Waals surface area (Å²) in [5.41, 5.74) is 6.78. The lowest BCUT2D eigenvalue weighted by molar-refractivity contribution is 1.00. The van der Waals surface area contributed by atoms with Crippen molar-refractivity contribution in [3.63, 3.8) is 0 Å². The number of aromatic nitrogens is 1. The molecule has 0 radical (unpaired) electrons. The van der Waals surface area contributed by atoms with Crippen LogP contribution in [0.25, 0.3) is 0 Å². The second-order valence-corrected chi connectivity index (χ2v) is 3.67. The fraction of sp³-hybridized carbons (Fsp3) is 0.444. The van der Waals surface area contributed by atoms with Crippen molar-refractivity contribution in [1.82, 2.24) is 4.98 Å². The number of hydrogen-bond acceptors (Lipinski definition) is 3.